The van der Waals surface area contributed by atoms with Crippen LogP contribution in [0.5, 0.6) is 0 Å². The number of benzene rings is 2. The lowest BCUT2D eigenvalue weighted by molar-refractivity contribution is 0.401. The summed E-state index contributed by atoms with van der Waals surface area (Å²) >= 11 is 0. The zero-order valence-electron chi connectivity index (χ0n) is 16.0. The molecule has 0 amide bonds. The Hall–Kier alpha value is -2.62. The second kappa shape index (κ2) is 4.76. The third-order valence-corrected chi connectivity index (χ3v) is 5.84. The molecule has 0 unspecified atom stereocenters. The molecule has 2 aliphatic heterocycles. The zero-order valence-corrected chi connectivity index (χ0v) is 16.0. The normalized spacial score (nSPS) is 16.7. The van der Waals surface area contributed by atoms with Crippen molar-refractivity contribution < 1.29 is 0 Å². The number of hydrogen-bond donors (Lipinski definition) is 0. The lowest BCUT2D eigenvalue weighted by Crippen LogP contribution is -2.41. The Balaban J connectivity index is 1.95. The highest BCUT2D eigenvalue weighted by Gasteiger charge is 2.43. The highest BCUT2D eigenvalue weighted by molar-refractivity contribution is 5.92. The highest BCUT2D eigenvalue weighted by atomic mass is 15.5. The maximum atomic E-state index is 4.62. The van der Waals surface area contributed by atoms with Crippen molar-refractivity contribution in [2.45, 2.75) is 52.2 Å². The molecule has 26 heavy (non-hydrogen) atoms. The van der Waals surface area contributed by atoms with Crippen molar-refractivity contribution in [3.05, 3.63) is 53.6 Å². The highest BCUT2D eigenvalue weighted by Crippen LogP contribution is 2.52. The summed E-state index contributed by atoms with van der Waals surface area (Å²) in [6.45, 7) is 12.2. The van der Waals surface area contributed by atoms with Gasteiger partial charge in [-0.1, -0.05) is 41.6 Å². The van der Waals surface area contributed by atoms with E-state index < -0.39 is 0 Å². The summed E-state index contributed by atoms with van der Waals surface area (Å²) in [7, 11) is 0. The van der Waals surface area contributed by atoms with Crippen LogP contribution in [0, 0.1) is 0 Å². The van der Waals surface area contributed by atoms with Gasteiger partial charge in [0.05, 0.1) is 5.54 Å². The molecule has 0 N–H and O–H groups in total. The van der Waals surface area contributed by atoms with Crippen molar-refractivity contribution in [1.82, 2.24) is 15.0 Å². The van der Waals surface area contributed by atoms with Crippen LogP contribution >= 0.6 is 0 Å². The van der Waals surface area contributed by atoms with E-state index in [1.54, 1.807) is 0 Å². The van der Waals surface area contributed by atoms with Gasteiger partial charge in [0.15, 0.2) is 0 Å². The molecule has 0 spiro atoms. The van der Waals surface area contributed by atoms with Crippen LogP contribution in [-0.4, -0.2) is 20.5 Å². The molecule has 5 rings (SSSR count). The van der Waals surface area contributed by atoms with Crippen LogP contribution in [0.1, 0.15) is 45.7 Å². The number of hydrogen-bond acceptors (Lipinski definition) is 3. The van der Waals surface area contributed by atoms with Gasteiger partial charge in [-0.15, -0.1) is 5.10 Å². The molecule has 3 aromatic rings. The standard InChI is InChI=1S/C22H24N4/c1-21(2,3)25-13-14-9-6-7-10-15(14)19-20-18-16(11-8-12-17(18)25)22(4,5)26(20)24-23-19/h6-12H,13H2,1-5H3. The summed E-state index contributed by atoms with van der Waals surface area (Å²) < 4.78 is 2.11. The molecule has 2 aromatic carbocycles. The molecule has 0 aliphatic carbocycles. The second-order valence-electron chi connectivity index (χ2n) is 8.87. The first-order chi connectivity index (χ1) is 12.3. The van der Waals surface area contributed by atoms with E-state index in [0.717, 1.165) is 17.9 Å². The quantitative estimate of drug-likeness (QED) is 0.586. The molecule has 0 saturated carbocycles. The number of nitrogens with zero attached hydrogens (tertiary/aromatic N) is 4. The van der Waals surface area contributed by atoms with Crippen molar-refractivity contribution >= 4 is 5.69 Å². The van der Waals surface area contributed by atoms with Crippen molar-refractivity contribution in [2.75, 3.05) is 4.90 Å². The van der Waals surface area contributed by atoms with Gasteiger partial charge in [-0.3, -0.25) is 0 Å². The van der Waals surface area contributed by atoms with Gasteiger partial charge in [-0.05, 0) is 51.8 Å². The van der Waals surface area contributed by atoms with Crippen LogP contribution < -0.4 is 4.90 Å². The van der Waals surface area contributed by atoms with Gasteiger partial charge in [0.1, 0.15) is 11.4 Å². The van der Waals surface area contributed by atoms with Gasteiger partial charge in [-0.2, -0.15) is 0 Å². The molecule has 4 heteroatoms. The molecule has 132 valence electrons. The van der Waals surface area contributed by atoms with E-state index in [1.165, 1.54) is 27.9 Å². The Morgan fingerprint density at radius 1 is 1.00 bits per heavy atom. The largest absolute Gasteiger partial charge is 0.362 e. The number of aromatic nitrogens is 3. The Bertz CT molecular complexity index is 1040. The Kier molecular flexibility index (Phi) is 2.86. The lowest BCUT2D eigenvalue weighted by atomic mass is 9.88. The van der Waals surface area contributed by atoms with Gasteiger partial charge < -0.3 is 4.90 Å². The average molecular weight is 344 g/mol. The summed E-state index contributed by atoms with van der Waals surface area (Å²) in [5, 5.41) is 9.21. The lowest BCUT2D eigenvalue weighted by Gasteiger charge is -2.40. The minimum atomic E-state index is -0.200. The van der Waals surface area contributed by atoms with E-state index >= 15 is 0 Å². The molecule has 0 saturated heterocycles. The summed E-state index contributed by atoms with van der Waals surface area (Å²) in [6, 6.07) is 15.3. The van der Waals surface area contributed by atoms with E-state index in [2.05, 4.69) is 97.0 Å². The third-order valence-electron chi connectivity index (χ3n) is 5.84. The van der Waals surface area contributed by atoms with Crippen molar-refractivity contribution in [1.29, 1.82) is 0 Å². The Labute approximate surface area is 154 Å². The summed E-state index contributed by atoms with van der Waals surface area (Å²) in [5.41, 5.74) is 8.36. The van der Waals surface area contributed by atoms with E-state index in [-0.39, 0.29) is 11.1 Å². The maximum absolute atomic E-state index is 4.62. The molecule has 3 heterocycles. The SMILES string of the molecule is CC(C)(C)N1Cc2ccccc2-c2nnn3c2-c2c1cccc2C3(C)C. The third kappa shape index (κ3) is 1.84. The molecule has 0 fully saturated rings. The zero-order chi connectivity index (χ0) is 18.3. The molecule has 0 atom stereocenters. The van der Waals surface area contributed by atoms with Crippen LogP contribution in [0.4, 0.5) is 5.69 Å². The van der Waals surface area contributed by atoms with Crippen molar-refractivity contribution in [3.8, 4) is 22.5 Å². The molecule has 4 nitrogen and oxygen atoms in total. The second-order valence-corrected chi connectivity index (χ2v) is 8.87. The fraction of sp³-hybridized carbons (Fsp3) is 0.364. The van der Waals surface area contributed by atoms with Gasteiger partial charge in [-0.25, -0.2) is 4.68 Å². The van der Waals surface area contributed by atoms with E-state index in [1.807, 2.05) is 0 Å². The molecule has 2 aliphatic rings. The van der Waals surface area contributed by atoms with Gasteiger partial charge in [0.2, 0.25) is 0 Å². The van der Waals surface area contributed by atoms with Crippen LogP contribution in [-0.2, 0) is 12.1 Å². The fourth-order valence-corrected chi connectivity index (χ4v) is 4.46. The van der Waals surface area contributed by atoms with Crippen LogP contribution in [0.25, 0.3) is 22.5 Å². The molecule has 1 aromatic heterocycles. The molecular formula is C22H24N4. The molecule has 0 bridgehead atoms. The first-order valence-corrected chi connectivity index (χ1v) is 9.26. The van der Waals surface area contributed by atoms with Crippen LogP contribution in [0.3, 0.4) is 0 Å². The predicted octanol–water partition coefficient (Wildman–Crippen LogP) is 4.83. The van der Waals surface area contributed by atoms with Crippen LogP contribution in [0.2, 0.25) is 0 Å². The first-order valence-electron chi connectivity index (χ1n) is 9.26. The monoisotopic (exact) mass is 344 g/mol. The first kappa shape index (κ1) is 15.6. The van der Waals surface area contributed by atoms with E-state index in [4.69, 9.17) is 0 Å². The smallest absolute Gasteiger partial charge is 0.121 e. The van der Waals surface area contributed by atoms with Gasteiger partial charge in [0, 0.05) is 28.9 Å². The van der Waals surface area contributed by atoms with Gasteiger partial charge in [0.25, 0.3) is 0 Å². The minimum Gasteiger partial charge on any atom is -0.362 e. The molecular weight excluding hydrogens is 320 g/mol. The summed E-state index contributed by atoms with van der Waals surface area (Å²) in [6.07, 6.45) is 0. The average Bonchev–Trinajstić information content (AvgIpc) is 3.09. The number of fused-ring (bicyclic) bond motifs is 2. The Morgan fingerprint density at radius 3 is 2.54 bits per heavy atom. The van der Waals surface area contributed by atoms with E-state index in [9.17, 15) is 0 Å². The topological polar surface area (TPSA) is 34.0 Å². The van der Waals surface area contributed by atoms with Crippen LogP contribution in [0.15, 0.2) is 42.5 Å². The van der Waals surface area contributed by atoms with Crippen molar-refractivity contribution in [2.24, 2.45) is 0 Å². The van der Waals surface area contributed by atoms with Crippen molar-refractivity contribution in [3.63, 3.8) is 0 Å². The summed E-state index contributed by atoms with van der Waals surface area (Å²) in [4.78, 5) is 2.52. The minimum absolute atomic E-state index is 0.00471. The predicted molar refractivity (Wildman–Crippen MR) is 105 cm³/mol. The molecule has 0 radical (unpaired) electrons. The fourth-order valence-electron chi connectivity index (χ4n) is 4.46. The number of rotatable bonds is 0. The summed E-state index contributed by atoms with van der Waals surface area (Å²) in [5.74, 6) is 0. The van der Waals surface area contributed by atoms with E-state index in [0.29, 0.717) is 0 Å². The Morgan fingerprint density at radius 2 is 1.77 bits per heavy atom. The van der Waals surface area contributed by atoms with Gasteiger partial charge >= 0.3 is 0 Å². The number of anilines is 1. The maximum Gasteiger partial charge on any atom is 0.121 e.